The first kappa shape index (κ1) is 36.8. The topological polar surface area (TPSA) is 9.86 Å². The summed E-state index contributed by atoms with van der Waals surface area (Å²) in [6.45, 7) is 0. The van der Waals surface area contributed by atoms with Gasteiger partial charge in [0.05, 0.1) is 27.8 Å². The van der Waals surface area contributed by atoms with Crippen molar-refractivity contribution >= 4 is 72.4 Å². The Kier molecular flexibility index (Phi) is 8.87. The van der Waals surface area contributed by atoms with Gasteiger partial charge in [0.15, 0.2) is 8.07 Å². The largest absolute Gasteiger partial charge is 0.307 e. The minimum atomic E-state index is -2.93. The molecule has 0 aliphatic heterocycles. The van der Waals surface area contributed by atoms with E-state index in [4.69, 9.17) is 0 Å². The van der Waals surface area contributed by atoms with E-state index in [0.717, 1.165) is 11.4 Å². The number of hydrogen-bond acceptors (Lipinski definition) is 0. The fraction of sp³-hybridized carbons (Fsp3) is 0. The Labute approximate surface area is 368 Å². The summed E-state index contributed by atoms with van der Waals surface area (Å²) in [5.74, 6) is 0. The third-order valence-corrected chi connectivity index (χ3v) is 17.9. The Balaban J connectivity index is 1.23. The number of para-hydroxylation sites is 2. The van der Waals surface area contributed by atoms with E-state index in [0.29, 0.717) is 0 Å². The zero-order valence-electron chi connectivity index (χ0n) is 34.6. The number of benzene rings is 10. The van der Waals surface area contributed by atoms with Crippen LogP contribution in [0, 0.1) is 0 Å². The zero-order valence-corrected chi connectivity index (χ0v) is 35.6. The van der Waals surface area contributed by atoms with Gasteiger partial charge in [0.25, 0.3) is 0 Å². The molecule has 2 heterocycles. The smallest absolute Gasteiger partial charge is 0.180 e. The van der Waals surface area contributed by atoms with Gasteiger partial charge < -0.3 is 9.13 Å². The molecule has 0 unspecified atom stereocenters. The van der Waals surface area contributed by atoms with E-state index >= 15 is 0 Å². The maximum atomic E-state index is 2.57. The first-order chi connectivity index (χ1) is 31.3. The number of rotatable bonds is 8. The number of fused-ring (bicyclic) bond motifs is 6. The lowest BCUT2D eigenvalue weighted by molar-refractivity contribution is 1.13. The third-order valence-electron chi connectivity index (χ3n) is 13.1. The lowest BCUT2D eigenvalue weighted by Gasteiger charge is -2.35. The highest BCUT2D eigenvalue weighted by Crippen LogP contribution is 2.42. The summed E-state index contributed by atoms with van der Waals surface area (Å²) in [7, 11) is -2.93. The van der Waals surface area contributed by atoms with Crippen LogP contribution in [0.25, 0.3) is 77.2 Å². The highest BCUT2D eigenvalue weighted by atomic mass is 28.3. The van der Waals surface area contributed by atoms with Crippen LogP contribution in [0.2, 0.25) is 0 Å². The Morgan fingerprint density at radius 1 is 0.286 bits per heavy atom. The monoisotopic (exact) mass is 818 g/mol. The molecule has 0 radical (unpaired) electrons. The predicted molar refractivity (Wildman–Crippen MR) is 270 cm³/mol. The van der Waals surface area contributed by atoms with Gasteiger partial charge in [-0.15, -0.1) is 0 Å². The van der Waals surface area contributed by atoms with Gasteiger partial charge in [-0.25, -0.2) is 0 Å². The molecule has 296 valence electrons. The molecule has 2 nitrogen and oxygen atoms in total. The van der Waals surface area contributed by atoms with Crippen LogP contribution in [0.4, 0.5) is 0 Å². The van der Waals surface area contributed by atoms with Crippen LogP contribution >= 0.6 is 0 Å². The van der Waals surface area contributed by atoms with Gasteiger partial charge in [-0.1, -0.05) is 212 Å². The van der Waals surface area contributed by atoms with Crippen molar-refractivity contribution in [3.63, 3.8) is 0 Å². The molecule has 0 saturated carbocycles. The molecular weight excluding hydrogens is 777 g/mol. The van der Waals surface area contributed by atoms with Crippen molar-refractivity contribution < 1.29 is 0 Å². The number of aromatic nitrogens is 2. The second-order valence-electron chi connectivity index (χ2n) is 16.4. The predicted octanol–water partition coefficient (Wildman–Crippen LogP) is 12.6. The maximum Gasteiger partial charge on any atom is 0.180 e. The molecule has 10 aromatic carbocycles. The molecule has 0 bridgehead atoms. The summed E-state index contributed by atoms with van der Waals surface area (Å²) < 4.78 is 5.06. The quantitative estimate of drug-likeness (QED) is 0.107. The highest BCUT2D eigenvalue weighted by molar-refractivity contribution is 7.20. The second-order valence-corrected chi connectivity index (χ2v) is 20.2. The summed E-state index contributed by atoms with van der Waals surface area (Å²) in [5, 5.41) is 10.4. The number of hydrogen-bond donors (Lipinski definition) is 0. The third kappa shape index (κ3) is 5.85. The summed E-state index contributed by atoms with van der Waals surface area (Å²) in [6, 6.07) is 94.3. The summed E-state index contributed by atoms with van der Waals surface area (Å²) in [4.78, 5) is 0. The van der Waals surface area contributed by atoms with Crippen LogP contribution in [0.1, 0.15) is 0 Å². The SMILES string of the molecule is c1ccc(-c2ccc(-n3c4ccccc4c4cc(-c5ccccc5)cc(-n5c6ccccc6c6c([Si](c7ccccc7)(c7ccccc7)c7ccccc7)cccc65)c43)cc2)cc1. The minimum absolute atomic E-state index is 1.12. The van der Waals surface area contributed by atoms with Crippen LogP contribution in [0.15, 0.2) is 255 Å². The average Bonchev–Trinajstić information content (AvgIpc) is 3.89. The maximum absolute atomic E-state index is 2.93. The van der Waals surface area contributed by atoms with Crippen molar-refractivity contribution in [3.8, 4) is 33.6 Å². The Hall–Kier alpha value is -7.98. The van der Waals surface area contributed by atoms with E-state index in [1.54, 1.807) is 0 Å². The van der Waals surface area contributed by atoms with E-state index in [-0.39, 0.29) is 0 Å². The molecule has 12 rings (SSSR count). The van der Waals surface area contributed by atoms with Crippen molar-refractivity contribution in [2.45, 2.75) is 0 Å². The molecule has 0 N–H and O–H groups in total. The standard InChI is InChI=1S/C60H42N2Si/c1-6-21-43(22-7-1)45-37-39-47(40-38-45)61-54-33-18-16-31-51(54)53-41-46(44-23-8-2-9-24-44)42-57(60(53)61)62-55-34-19-17-32-52(55)59-56(62)35-20-36-58(59)63(48-25-10-3-11-26-48,49-27-12-4-13-28-49)50-29-14-5-15-30-50/h1-42H. The van der Waals surface area contributed by atoms with Crippen LogP contribution in [0.3, 0.4) is 0 Å². The van der Waals surface area contributed by atoms with Gasteiger partial charge in [0.1, 0.15) is 0 Å². The van der Waals surface area contributed by atoms with Gasteiger partial charge in [0, 0.05) is 27.2 Å². The van der Waals surface area contributed by atoms with Crippen molar-refractivity contribution in [1.29, 1.82) is 0 Å². The molecule has 3 heteroatoms. The summed E-state index contributed by atoms with van der Waals surface area (Å²) in [6.07, 6.45) is 0. The minimum Gasteiger partial charge on any atom is -0.307 e. The normalized spacial score (nSPS) is 11.8. The molecule has 2 aromatic heterocycles. The molecular formula is C60H42N2Si. The van der Waals surface area contributed by atoms with Crippen LogP contribution < -0.4 is 20.7 Å². The van der Waals surface area contributed by atoms with Crippen LogP contribution in [-0.2, 0) is 0 Å². The van der Waals surface area contributed by atoms with E-state index in [1.807, 2.05) is 0 Å². The fourth-order valence-electron chi connectivity index (χ4n) is 10.4. The average molecular weight is 819 g/mol. The van der Waals surface area contributed by atoms with Gasteiger partial charge >= 0.3 is 0 Å². The summed E-state index contributed by atoms with van der Waals surface area (Å²) in [5.41, 5.74) is 11.8. The van der Waals surface area contributed by atoms with Crippen molar-refractivity contribution in [2.24, 2.45) is 0 Å². The van der Waals surface area contributed by atoms with Crippen molar-refractivity contribution in [1.82, 2.24) is 9.13 Å². The first-order valence-electron chi connectivity index (χ1n) is 21.8. The van der Waals surface area contributed by atoms with E-state index < -0.39 is 8.07 Å². The van der Waals surface area contributed by atoms with Crippen molar-refractivity contribution in [2.75, 3.05) is 0 Å². The molecule has 0 spiro atoms. The van der Waals surface area contributed by atoms with Crippen LogP contribution in [-0.4, -0.2) is 17.2 Å². The Morgan fingerprint density at radius 3 is 1.30 bits per heavy atom. The first-order valence-corrected chi connectivity index (χ1v) is 23.8. The molecule has 0 fully saturated rings. The summed E-state index contributed by atoms with van der Waals surface area (Å²) >= 11 is 0. The van der Waals surface area contributed by atoms with Gasteiger partial charge in [-0.2, -0.15) is 0 Å². The van der Waals surface area contributed by atoms with E-state index in [9.17, 15) is 0 Å². The van der Waals surface area contributed by atoms with Gasteiger partial charge in [-0.05, 0) is 85.5 Å². The lowest BCUT2D eigenvalue weighted by atomic mass is 10.0. The Morgan fingerprint density at radius 2 is 0.730 bits per heavy atom. The van der Waals surface area contributed by atoms with Gasteiger partial charge in [0.2, 0.25) is 0 Å². The lowest BCUT2D eigenvalue weighted by Crippen LogP contribution is -2.74. The molecule has 0 aliphatic carbocycles. The van der Waals surface area contributed by atoms with E-state index in [2.05, 4.69) is 264 Å². The molecule has 63 heavy (non-hydrogen) atoms. The molecule has 0 saturated heterocycles. The van der Waals surface area contributed by atoms with Crippen molar-refractivity contribution in [3.05, 3.63) is 255 Å². The molecule has 0 atom stereocenters. The molecule has 0 amide bonds. The number of nitrogens with zero attached hydrogens (tertiary/aromatic N) is 2. The Bertz CT molecular complexity index is 3480. The zero-order chi connectivity index (χ0) is 41.7. The van der Waals surface area contributed by atoms with E-state index in [1.165, 1.54) is 86.6 Å². The second kappa shape index (κ2) is 15.2. The van der Waals surface area contributed by atoms with Crippen LogP contribution in [0.5, 0.6) is 0 Å². The molecule has 0 aliphatic rings. The fourth-order valence-corrected chi connectivity index (χ4v) is 15.4. The highest BCUT2D eigenvalue weighted by Gasteiger charge is 2.43. The molecule has 12 aromatic rings. The van der Waals surface area contributed by atoms with Gasteiger partial charge in [-0.3, -0.25) is 0 Å².